The lowest BCUT2D eigenvalue weighted by Crippen LogP contribution is -2.13. The molecule has 0 fully saturated rings. The summed E-state index contributed by atoms with van der Waals surface area (Å²) in [4.78, 5) is 11.9. The van der Waals surface area contributed by atoms with Crippen LogP contribution in [0.1, 0.15) is 10.4 Å². The standard InChI is InChI=1S/C13H6BrF3INO/c14-9-2-1-6(15)3-8(9)13(20)19-7-4-10(16)12(18)11(17)5-7/h1-5H,(H,19,20). The number of hydrogen-bond donors (Lipinski definition) is 1. The second kappa shape index (κ2) is 6.13. The summed E-state index contributed by atoms with van der Waals surface area (Å²) in [5.74, 6) is -2.81. The van der Waals surface area contributed by atoms with Gasteiger partial charge in [-0.25, -0.2) is 13.2 Å². The predicted molar refractivity (Wildman–Crippen MR) is 81.1 cm³/mol. The highest BCUT2D eigenvalue weighted by Gasteiger charge is 2.14. The average Bonchev–Trinajstić information content (AvgIpc) is 2.38. The number of hydrogen-bond acceptors (Lipinski definition) is 1. The molecule has 0 heterocycles. The lowest BCUT2D eigenvalue weighted by Gasteiger charge is -2.08. The Bertz CT molecular complexity index is 670. The van der Waals surface area contributed by atoms with Crippen molar-refractivity contribution in [3.8, 4) is 0 Å². The summed E-state index contributed by atoms with van der Waals surface area (Å²) in [6.45, 7) is 0. The van der Waals surface area contributed by atoms with Crippen LogP contribution in [0.15, 0.2) is 34.8 Å². The Balaban J connectivity index is 2.30. The van der Waals surface area contributed by atoms with Gasteiger partial charge in [0.2, 0.25) is 0 Å². The number of carbonyl (C=O) groups is 1. The molecule has 104 valence electrons. The molecule has 0 aliphatic rings. The molecule has 7 heteroatoms. The Morgan fingerprint density at radius 1 is 1.10 bits per heavy atom. The summed E-state index contributed by atoms with van der Waals surface area (Å²) in [7, 11) is 0. The lowest BCUT2D eigenvalue weighted by molar-refractivity contribution is 0.102. The van der Waals surface area contributed by atoms with Crippen LogP contribution in [-0.2, 0) is 0 Å². The third-order valence-corrected chi connectivity index (χ3v) is 4.14. The van der Waals surface area contributed by atoms with Crippen molar-refractivity contribution in [1.29, 1.82) is 0 Å². The van der Waals surface area contributed by atoms with E-state index in [0.29, 0.717) is 4.47 Å². The van der Waals surface area contributed by atoms with E-state index >= 15 is 0 Å². The number of carbonyl (C=O) groups excluding carboxylic acids is 1. The lowest BCUT2D eigenvalue weighted by atomic mass is 10.2. The third kappa shape index (κ3) is 3.32. The van der Waals surface area contributed by atoms with Crippen LogP contribution in [0.25, 0.3) is 0 Å². The van der Waals surface area contributed by atoms with Crippen LogP contribution >= 0.6 is 38.5 Å². The van der Waals surface area contributed by atoms with Crippen LogP contribution in [0.5, 0.6) is 0 Å². The minimum absolute atomic E-state index is 0.0318. The molecule has 0 radical (unpaired) electrons. The van der Waals surface area contributed by atoms with Crippen LogP contribution < -0.4 is 5.32 Å². The van der Waals surface area contributed by atoms with Gasteiger partial charge in [0.15, 0.2) is 0 Å². The monoisotopic (exact) mass is 455 g/mol. The Hall–Kier alpha value is -1.09. The highest BCUT2D eigenvalue weighted by Crippen LogP contribution is 2.23. The van der Waals surface area contributed by atoms with E-state index in [2.05, 4.69) is 21.2 Å². The van der Waals surface area contributed by atoms with Gasteiger partial charge in [-0.1, -0.05) is 0 Å². The van der Waals surface area contributed by atoms with Crippen molar-refractivity contribution in [1.82, 2.24) is 0 Å². The second-order valence-corrected chi connectivity index (χ2v) is 5.77. The predicted octanol–water partition coefficient (Wildman–Crippen LogP) is 4.72. The zero-order chi connectivity index (χ0) is 14.9. The number of benzene rings is 2. The number of halogens is 5. The van der Waals surface area contributed by atoms with E-state index in [1.807, 2.05) is 0 Å². The van der Waals surface area contributed by atoms with Crippen molar-refractivity contribution in [3.63, 3.8) is 0 Å². The molecular weight excluding hydrogens is 450 g/mol. The van der Waals surface area contributed by atoms with Gasteiger partial charge in [0.25, 0.3) is 5.91 Å². The van der Waals surface area contributed by atoms with E-state index < -0.39 is 23.4 Å². The highest BCUT2D eigenvalue weighted by molar-refractivity contribution is 14.1. The van der Waals surface area contributed by atoms with Gasteiger partial charge < -0.3 is 5.32 Å². The van der Waals surface area contributed by atoms with Crippen molar-refractivity contribution in [3.05, 3.63) is 61.4 Å². The Morgan fingerprint density at radius 3 is 2.30 bits per heavy atom. The maximum Gasteiger partial charge on any atom is 0.256 e. The van der Waals surface area contributed by atoms with Gasteiger partial charge in [-0.15, -0.1) is 0 Å². The topological polar surface area (TPSA) is 29.1 Å². The average molecular weight is 456 g/mol. The van der Waals surface area contributed by atoms with Gasteiger partial charge in [0.1, 0.15) is 17.5 Å². The van der Waals surface area contributed by atoms with E-state index in [-0.39, 0.29) is 14.8 Å². The summed E-state index contributed by atoms with van der Waals surface area (Å²) in [5, 5.41) is 2.32. The number of nitrogens with one attached hydrogen (secondary N) is 1. The van der Waals surface area contributed by atoms with Gasteiger partial charge in [-0.2, -0.15) is 0 Å². The molecule has 1 N–H and O–H groups in total. The molecule has 0 spiro atoms. The molecule has 0 aliphatic heterocycles. The van der Waals surface area contributed by atoms with Crippen molar-refractivity contribution < 1.29 is 18.0 Å². The largest absolute Gasteiger partial charge is 0.322 e. The molecule has 0 saturated heterocycles. The van der Waals surface area contributed by atoms with Crippen molar-refractivity contribution in [2.45, 2.75) is 0 Å². The molecule has 2 rings (SSSR count). The van der Waals surface area contributed by atoms with Crippen LogP contribution in [0.3, 0.4) is 0 Å². The fourth-order valence-electron chi connectivity index (χ4n) is 1.50. The van der Waals surface area contributed by atoms with Gasteiger partial charge >= 0.3 is 0 Å². The smallest absolute Gasteiger partial charge is 0.256 e. The van der Waals surface area contributed by atoms with E-state index in [9.17, 15) is 18.0 Å². The van der Waals surface area contributed by atoms with Crippen LogP contribution in [0.4, 0.5) is 18.9 Å². The summed E-state index contributed by atoms with van der Waals surface area (Å²) in [6, 6.07) is 5.58. The van der Waals surface area contributed by atoms with Gasteiger partial charge in [0, 0.05) is 10.2 Å². The van der Waals surface area contributed by atoms with Gasteiger partial charge in [-0.05, 0) is 68.9 Å². The van der Waals surface area contributed by atoms with Crippen molar-refractivity contribution in [2.24, 2.45) is 0 Å². The van der Waals surface area contributed by atoms with E-state index in [1.54, 1.807) is 0 Å². The maximum atomic E-state index is 13.4. The minimum Gasteiger partial charge on any atom is -0.322 e. The Labute approximate surface area is 134 Å². The normalized spacial score (nSPS) is 10.4. The Morgan fingerprint density at radius 2 is 1.70 bits per heavy atom. The molecule has 0 aliphatic carbocycles. The molecule has 0 atom stereocenters. The summed E-state index contributed by atoms with van der Waals surface area (Å²) in [5.41, 5.74) is -0.00839. The van der Waals surface area contributed by atoms with Crippen molar-refractivity contribution >= 4 is 50.1 Å². The zero-order valence-corrected chi connectivity index (χ0v) is 13.4. The molecule has 20 heavy (non-hydrogen) atoms. The minimum atomic E-state index is -0.779. The first kappa shape index (κ1) is 15.3. The van der Waals surface area contributed by atoms with Crippen LogP contribution in [0.2, 0.25) is 0 Å². The first-order chi connectivity index (χ1) is 9.38. The first-order valence-electron chi connectivity index (χ1n) is 5.29. The summed E-state index contributed by atoms with van der Waals surface area (Å²) < 4.78 is 40.1. The Kier molecular flexibility index (Phi) is 4.69. The third-order valence-electron chi connectivity index (χ3n) is 2.41. The molecule has 2 aromatic rings. The van der Waals surface area contributed by atoms with E-state index in [1.165, 1.54) is 34.7 Å². The molecule has 2 nitrogen and oxygen atoms in total. The maximum absolute atomic E-state index is 13.4. The number of anilines is 1. The molecule has 0 unspecified atom stereocenters. The fraction of sp³-hybridized carbons (Fsp3) is 0. The van der Waals surface area contributed by atoms with E-state index in [4.69, 9.17) is 0 Å². The van der Waals surface area contributed by atoms with Gasteiger partial charge in [0.05, 0.1) is 9.13 Å². The fourth-order valence-corrected chi connectivity index (χ4v) is 2.24. The highest BCUT2D eigenvalue weighted by atomic mass is 127. The zero-order valence-electron chi connectivity index (χ0n) is 9.68. The van der Waals surface area contributed by atoms with Gasteiger partial charge in [-0.3, -0.25) is 4.79 Å². The van der Waals surface area contributed by atoms with Crippen LogP contribution in [0, 0.1) is 21.0 Å². The molecular formula is C13H6BrF3INO. The molecule has 2 aromatic carbocycles. The molecule has 1 amide bonds. The number of amides is 1. The first-order valence-corrected chi connectivity index (χ1v) is 7.16. The molecule has 0 bridgehead atoms. The van der Waals surface area contributed by atoms with Crippen LogP contribution in [-0.4, -0.2) is 5.91 Å². The van der Waals surface area contributed by atoms with Crippen molar-refractivity contribution in [2.75, 3.05) is 5.32 Å². The SMILES string of the molecule is O=C(Nc1cc(F)c(I)c(F)c1)c1cc(F)ccc1Br. The number of rotatable bonds is 2. The summed E-state index contributed by atoms with van der Waals surface area (Å²) in [6.07, 6.45) is 0. The second-order valence-electron chi connectivity index (χ2n) is 3.83. The molecule has 0 aromatic heterocycles. The summed E-state index contributed by atoms with van der Waals surface area (Å²) >= 11 is 4.63. The molecule has 0 saturated carbocycles. The van der Waals surface area contributed by atoms with E-state index in [0.717, 1.165) is 18.2 Å². The quantitative estimate of drug-likeness (QED) is 0.515.